The maximum absolute atomic E-state index is 13.1. The average Bonchev–Trinajstić information content (AvgIpc) is 3.15. The van der Waals surface area contributed by atoms with E-state index in [4.69, 9.17) is 0 Å². The van der Waals surface area contributed by atoms with Crippen LogP contribution in [0, 0.1) is 11.8 Å². The molecule has 7 nitrogen and oxygen atoms in total. The van der Waals surface area contributed by atoms with Crippen LogP contribution in [0.1, 0.15) is 11.6 Å². The number of aliphatic carboxylic acids is 1. The second-order valence-corrected chi connectivity index (χ2v) is 7.48. The van der Waals surface area contributed by atoms with Gasteiger partial charge in [-0.2, -0.15) is 0 Å². The summed E-state index contributed by atoms with van der Waals surface area (Å²) in [4.78, 5) is 38.9. The summed E-state index contributed by atoms with van der Waals surface area (Å²) >= 11 is 3.32. The fraction of sp³-hybridized carbons (Fsp3) is 0.211. The first-order valence-electron chi connectivity index (χ1n) is 8.30. The van der Waals surface area contributed by atoms with Gasteiger partial charge in [-0.1, -0.05) is 34.1 Å². The van der Waals surface area contributed by atoms with Crippen molar-refractivity contribution in [1.82, 2.24) is 5.32 Å². The Morgan fingerprint density at radius 1 is 1.04 bits per heavy atom. The second kappa shape index (κ2) is 6.47. The molecule has 0 spiro atoms. The number of halogens is 1. The molecule has 0 bridgehead atoms. The Kier molecular flexibility index (Phi) is 4.24. The molecule has 2 aromatic rings. The van der Waals surface area contributed by atoms with E-state index in [1.54, 1.807) is 42.5 Å². The van der Waals surface area contributed by atoms with E-state index in [9.17, 15) is 24.6 Å². The fourth-order valence-corrected chi connectivity index (χ4v) is 4.31. The lowest BCUT2D eigenvalue weighted by Gasteiger charge is -2.22. The minimum atomic E-state index is -1.22. The molecular weight excluding hydrogens is 416 g/mol. The predicted octanol–water partition coefficient (Wildman–Crippen LogP) is 2.06. The molecule has 4 rings (SSSR count). The van der Waals surface area contributed by atoms with Crippen LogP contribution in [-0.4, -0.2) is 34.0 Å². The van der Waals surface area contributed by atoms with Crippen LogP contribution in [0.15, 0.2) is 53.0 Å². The normalized spacial score (nSPS) is 27.1. The summed E-state index contributed by atoms with van der Waals surface area (Å²) in [5.41, 5.74) is 0.780. The Morgan fingerprint density at radius 3 is 2.37 bits per heavy atom. The van der Waals surface area contributed by atoms with Gasteiger partial charge >= 0.3 is 5.97 Å². The van der Waals surface area contributed by atoms with Gasteiger partial charge in [0.15, 0.2) is 0 Å². The summed E-state index contributed by atoms with van der Waals surface area (Å²) in [6, 6.07) is 11.1. The monoisotopic (exact) mass is 430 g/mol. The maximum Gasteiger partial charge on any atom is 0.321 e. The van der Waals surface area contributed by atoms with Gasteiger partial charge in [0.05, 0.1) is 17.5 Å². The molecule has 2 heterocycles. The number of imide groups is 1. The van der Waals surface area contributed by atoms with Crippen LogP contribution >= 0.6 is 15.9 Å². The number of carbonyl (C=O) groups is 3. The van der Waals surface area contributed by atoms with Gasteiger partial charge in [-0.25, -0.2) is 4.90 Å². The van der Waals surface area contributed by atoms with Gasteiger partial charge in [0.2, 0.25) is 11.8 Å². The summed E-state index contributed by atoms with van der Waals surface area (Å²) in [6.45, 7) is 0. The van der Waals surface area contributed by atoms with Gasteiger partial charge in [0.25, 0.3) is 0 Å². The molecule has 2 aromatic carbocycles. The molecule has 0 radical (unpaired) electrons. The quantitative estimate of drug-likeness (QED) is 0.643. The Balaban J connectivity index is 1.81. The van der Waals surface area contributed by atoms with Gasteiger partial charge in [-0.15, -0.1) is 0 Å². The molecule has 2 amide bonds. The number of aromatic hydroxyl groups is 1. The predicted molar refractivity (Wildman–Crippen MR) is 99.0 cm³/mol. The molecular formula is C19H15BrN2O5. The summed E-state index contributed by atoms with van der Waals surface area (Å²) < 4.78 is 0.670. The minimum absolute atomic E-state index is 0.0705. The molecule has 8 heteroatoms. The van der Waals surface area contributed by atoms with Crippen LogP contribution < -0.4 is 10.2 Å². The van der Waals surface area contributed by atoms with Crippen LogP contribution in [0.3, 0.4) is 0 Å². The third-order valence-corrected chi connectivity index (χ3v) is 5.57. The van der Waals surface area contributed by atoms with E-state index < -0.39 is 41.7 Å². The number of rotatable bonds is 3. The molecule has 0 unspecified atom stereocenters. The first-order chi connectivity index (χ1) is 12.9. The van der Waals surface area contributed by atoms with Gasteiger partial charge in [0.1, 0.15) is 11.8 Å². The zero-order chi connectivity index (χ0) is 19.3. The number of nitrogens with zero attached hydrogens (tertiary/aromatic N) is 1. The smallest absolute Gasteiger partial charge is 0.321 e. The molecule has 4 atom stereocenters. The topological polar surface area (TPSA) is 107 Å². The Hall–Kier alpha value is -2.71. The van der Waals surface area contributed by atoms with Gasteiger partial charge in [-0.3, -0.25) is 19.7 Å². The number of hydrogen-bond acceptors (Lipinski definition) is 5. The van der Waals surface area contributed by atoms with Crippen molar-refractivity contribution < 1.29 is 24.6 Å². The van der Waals surface area contributed by atoms with Crippen molar-refractivity contribution in [3.63, 3.8) is 0 Å². The first-order valence-corrected chi connectivity index (χ1v) is 9.09. The largest absolute Gasteiger partial charge is 0.508 e. The van der Waals surface area contributed by atoms with Crippen molar-refractivity contribution in [3.8, 4) is 5.75 Å². The third kappa shape index (κ3) is 2.72. The van der Waals surface area contributed by atoms with Crippen LogP contribution in [0.5, 0.6) is 5.75 Å². The number of phenolic OH excluding ortho intramolecular Hbond substituents is 1. The van der Waals surface area contributed by atoms with Gasteiger partial charge in [0, 0.05) is 16.1 Å². The lowest BCUT2D eigenvalue weighted by molar-refractivity contribution is -0.142. The number of benzene rings is 2. The van der Waals surface area contributed by atoms with Gasteiger partial charge in [-0.05, 0) is 30.3 Å². The molecule has 0 aliphatic carbocycles. The average molecular weight is 431 g/mol. The Bertz CT molecular complexity index is 948. The highest BCUT2D eigenvalue weighted by molar-refractivity contribution is 9.10. The lowest BCUT2D eigenvalue weighted by atomic mass is 9.86. The van der Waals surface area contributed by atoms with Crippen LogP contribution in [-0.2, 0) is 14.4 Å². The Morgan fingerprint density at radius 2 is 1.70 bits per heavy atom. The van der Waals surface area contributed by atoms with E-state index in [2.05, 4.69) is 21.2 Å². The van der Waals surface area contributed by atoms with Crippen molar-refractivity contribution in [2.75, 3.05) is 4.90 Å². The molecule has 0 aromatic heterocycles. The second-order valence-electron chi connectivity index (χ2n) is 6.56. The van der Waals surface area contributed by atoms with Crippen LogP contribution in [0.2, 0.25) is 0 Å². The van der Waals surface area contributed by atoms with E-state index in [-0.39, 0.29) is 5.75 Å². The van der Waals surface area contributed by atoms with E-state index in [0.717, 1.165) is 4.90 Å². The summed E-state index contributed by atoms with van der Waals surface area (Å²) in [7, 11) is 0. The number of carboxylic acid groups (broad SMARTS) is 1. The number of nitrogens with one attached hydrogen (secondary N) is 1. The fourth-order valence-electron chi connectivity index (χ4n) is 3.93. The third-order valence-electron chi connectivity index (χ3n) is 5.08. The first kappa shape index (κ1) is 17.7. The number of anilines is 1. The SMILES string of the molecule is O=C(O)[C@@H]1N[C@H](c2cc(Br)ccc2O)[C@H]2C(=O)N(c3ccccc3)C(=O)[C@@H]21. The number of carbonyl (C=O) groups excluding carboxylic acids is 2. The number of phenols is 1. The van der Waals surface area contributed by atoms with Gasteiger partial charge < -0.3 is 10.2 Å². The number of amides is 2. The molecule has 2 saturated heterocycles. The lowest BCUT2D eigenvalue weighted by Crippen LogP contribution is -2.43. The maximum atomic E-state index is 13.1. The van der Waals surface area contributed by atoms with Crippen molar-refractivity contribution in [1.29, 1.82) is 0 Å². The molecule has 2 aliphatic rings. The minimum Gasteiger partial charge on any atom is -0.508 e. The van der Waals surface area contributed by atoms with Crippen molar-refractivity contribution in [3.05, 3.63) is 58.6 Å². The molecule has 2 fully saturated rings. The van der Waals surface area contributed by atoms with Crippen LogP contribution in [0.4, 0.5) is 5.69 Å². The molecule has 3 N–H and O–H groups in total. The highest BCUT2D eigenvalue weighted by Gasteiger charge is 2.61. The zero-order valence-corrected chi connectivity index (χ0v) is 15.5. The standard InChI is InChI=1S/C19H15BrN2O5/c20-9-6-7-12(23)11(8-9)15-13-14(16(21-15)19(26)27)18(25)22(17(13)24)10-4-2-1-3-5-10/h1-8,13-16,21,23H,(H,26,27)/t13-,14-,15+,16+/m0/s1. The molecule has 138 valence electrons. The summed E-state index contributed by atoms with van der Waals surface area (Å²) in [5.74, 6) is -4.26. The molecule has 2 aliphatic heterocycles. The number of hydrogen-bond donors (Lipinski definition) is 3. The highest BCUT2D eigenvalue weighted by atomic mass is 79.9. The summed E-state index contributed by atoms with van der Waals surface area (Å²) in [6.07, 6.45) is 0. The highest BCUT2D eigenvalue weighted by Crippen LogP contribution is 2.47. The van der Waals surface area contributed by atoms with Crippen molar-refractivity contribution in [2.45, 2.75) is 12.1 Å². The zero-order valence-electron chi connectivity index (χ0n) is 13.9. The number of fused-ring (bicyclic) bond motifs is 1. The van der Waals surface area contributed by atoms with E-state index >= 15 is 0 Å². The van der Waals surface area contributed by atoms with Crippen molar-refractivity contribution in [2.24, 2.45) is 11.8 Å². The van der Waals surface area contributed by atoms with E-state index in [0.29, 0.717) is 15.7 Å². The summed E-state index contributed by atoms with van der Waals surface area (Å²) in [5, 5.41) is 22.7. The molecule has 27 heavy (non-hydrogen) atoms. The van der Waals surface area contributed by atoms with E-state index in [1.165, 1.54) is 6.07 Å². The van der Waals surface area contributed by atoms with Crippen molar-refractivity contribution >= 4 is 39.4 Å². The molecule has 0 saturated carbocycles. The van der Waals surface area contributed by atoms with E-state index in [1.807, 2.05) is 0 Å². The Labute approximate surface area is 162 Å². The number of para-hydroxylation sites is 1. The van der Waals surface area contributed by atoms with Crippen LogP contribution in [0.25, 0.3) is 0 Å². The number of carboxylic acids is 1.